The molecule has 1 atom stereocenters. The third-order valence-electron chi connectivity index (χ3n) is 6.59. The Bertz CT molecular complexity index is 1270. The van der Waals surface area contributed by atoms with Gasteiger partial charge in [0.1, 0.15) is 11.4 Å². The van der Waals surface area contributed by atoms with E-state index in [0.717, 1.165) is 36.8 Å². The minimum atomic E-state index is -0.317. The lowest BCUT2D eigenvalue weighted by molar-refractivity contribution is -0.121. The van der Waals surface area contributed by atoms with E-state index in [2.05, 4.69) is 15.5 Å². The third kappa shape index (κ3) is 6.12. The number of thioether (sulfide) groups is 1. The van der Waals surface area contributed by atoms with E-state index in [-0.39, 0.29) is 17.2 Å². The van der Waals surface area contributed by atoms with Crippen LogP contribution in [0.2, 0.25) is 0 Å². The highest BCUT2D eigenvalue weighted by molar-refractivity contribution is 8.00. The van der Waals surface area contributed by atoms with Gasteiger partial charge in [0.05, 0.1) is 33.7 Å². The number of carbonyl (C=O) groups excluding carboxylic acids is 1. The van der Waals surface area contributed by atoms with Crippen molar-refractivity contribution in [1.82, 2.24) is 20.5 Å². The number of benzene rings is 2. The Morgan fingerprint density at radius 2 is 1.42 bits per heavy atom. The van der Waals surface area contributed by atoms with Crippen LogP contribution in [0.4, 0.5) is 0 Å². The van der Waals surface area contributed by atoms with Gasteiger partial charge in [-0.25, -0.2) is 4.98 Å². The van der Waals surface area contributed by atoms with Crippen molar-refractivity contribution in [3.8, 4) is 45.5 Å². The second-order valence-electron chi connectivity index (χ2n) is 8.94. The fraction of sp³-hybridized carbons (Fsp3) is 0.429. The maximum absolute atomic E-state index is 13.0. The van der Waals surface area contributed by atoms with Crippen LogP contribution in [0.5, 0.6) is 23.0 Å². The topological polar surface area (TPSA) is 105 Å². The van der Waals surface area contributed by atoms with E-state index in [1.807, 2.05) is 43.3 Å². The van der Waals surface area contributed by atoms with Crippen molar-refractivity contribution < 1.29 is 23.7 Å². The Morgan fingerprint density at radius 3 is 1.95 bits per heavy atom. The quantitative estimate of drug-likeness (QED) is 0.331. The summed E-state index contributed by atoms with van der Waals surface area (Å²) in [4.78, 5) is 17.9. The lowest BCUT2D eigenvalue weighted by atomic mass is 10.0. The number of ether oxygens (including phenoxy) is 4. The Labute approximate surface area is 227 Å². The fourth-order valence-corrected chi connectivity index (χ4v) is 5.37. The van der Waals surface area contributed by atoms with Crippen LogP contribution in [0.1, 0.15) is 39.0 Å². The number of aromatic nitrogens is 3. The zero-order chi connectivity index (χ0) is 27.1. The lowest BCUT2D eigenvalue weighted by Gasteiger charge is -2.18. The number of methoxy groups -OCH3 is 4. The molecule has 1 fully saturated rings. The van der Waals surface area contributed by atoms with Gasteiger partial charge in [-0.2, -0.15) is 0 Å². The molecule has 0 spiro atoms. The van der Waals surface area contributed by atoms with Crippen LogP contribution in [-0.4, -0.2) is 60.8 Å². The molecule has 1 aromatic heterocycles. The molecule has 1 N–H and O–H groups in total. The zero-order valence-electron chi connectivity index (χ0n) is 22.4. The Morgan fingerprint density at radius 1 is 0.868 bits per heavy atom. The molecule has 0 aliphatic heterocycles. The van der Waals surface area contributed by atoms with Gasteiger partial charge in [-0.15, -0.1) is 10.2 Å². The van der Waals surface area contributed by atoms with Gasteiger partial charge in [0.25, 0.3) is 0 Å². The summed E-state index contributed by atoms with van der Waals surface area (Å²) in [5.74, 6) is 2.37. The predicted molar refractivity (Wildman–Crippen MR) is 147 cm³/mol. The van der Waals surface area contributed by atoms with Crippen LogP contribution in [0.15, 0.2) is 41.6 Å². The minimum absolute atomic E-state index is 0.0182. The number of hydrogen-bond donors (Lipinski definition) is 1. The average molecular weight is 539 g/mol. The first kappa shape index (κ1) is 27.5. The molecule has 0 radical (unpaired) electrons. The molecule has 1 aliphatic carbocycles. The maximum atomic E-state index is 13.0. The Hall–Kier alpha value is -3.53. The van der Waals surface area contributed by atoms with E-state index < -0.39 is 0 Å². The highest BCUT2D eigenvalue weighted by Crippen LogP contribution is 2.38. The second-order valence-corrected chi connectivity index (χ2v) is 10.1. The second kappa shape index (κ2) is 12.8. The molecule has 1 heterocycles. The van der Waals surface area contributed by atoms with Crippen molar-refractivity contribution in [2.75, 3.05) is 28.4 Å². The summed E-state index contributed by atoms with van der Waals surface area (Å²) in [6.07, 6.45) is 5.04. The van der Waals surface area contributed by atoms with Gasteiger partial charge in [-0.05, 0) is 55.7 Å². The van der Waals surface area contributed by atoms with Crippen LogP contribution in [0, 0.1) is 0 Å². The number of rotatable bonds is 11. The van der Waals surface area contributed by atoms with Crippen LogP contribution in [0.3, 0.4) is 0 Å². The molecule has 38 heavy (non-hydrogen) atoms. The monoisotopic (exact) mass is 538 g/mol. The lowest BCUT2D eigenvalue weighted by Crippen LogP contribution is -2.38. The van der Waals surface area contributed by atoms with Gasteiger partial charge < -0.3 is 24.3 Å². The normalized spacial score (nSPS) is 14.1. The molecule has 0 bridgehead atoms. The SMILES string of the molecule is CC[C@@H](Sc1nnc(-c2ccc(OC)c(OC)c2)c(-c2ccc(OC)c(OC)c2)n1)C(=O)NC1CCCC1. The van der Waals surface area contributed by atoms with Crippen molar-refractivity contribution in [3.05, 3.63) is 36.4 Å². The van der Waals surface area contributed by atoms with Crippen molar-refractivity contribution in [3.63, 3.8) is 0 Å². The molecule has 9 nitrogen and oxygen atoms in total. The molecule has 1 amide bonds. The Balaban J connectivity index is 1.74. The highest BCUT2D eigenvalue weighted by Gasteiger charge is 2.25. The summed E-state index contributed by atoms with van der Waals surface area (Å²) in [5, 5.41) is 12.3. The van der Waals surface area contributed by atoms with Gasteiger partial charge in [0, 0.05) is 17.2 Å². The van der Waals surface area contributed by atoms with Gasteiger partial charge in [-0.3, -0.25) is 4.79 Å². The standard InChI is InChI=1S/C28H34N4O5S/c1-6-24(27(33)29-19-9-7-8-10-19)38-28-30-25(17-11-13-20(34-2)22(15-17)36-4)26(31-32-28)18-12-14-21(35-3)23(16-18)37-5/h11-16,19,24H,6-10H2,1-5H3,(H,29,33)/t24-/m1/s1. The van der Waals surface area contributed by atoms with Crippen molar-refractivity contribution in [2.24, 2.45) is 0 Å². The van der Waals surface area contributed by atoms with Crippen molar-refractivity contribution in [1.29, 1.82) is 0 Å². The highest BCUT2D eigenvalue weighted by atomic mass is 32.2. The zero-order valence-corrected chi connectivity index (χ0v) is 23.3. The van der Waals surface area contributed by atoms with E-state index >= 15 is 0 Å². The number of carbonyl (C=O) groups is 1. The van der Waals surface area contributed by atoms with Crippen LogP contribution >= 0.6 is 11.8 Å². The van der Waals surface area contributed by atoms with E-state index in [1.54, 1.807) is 28.4 Å². The molecule has 202 valence electrons. The molecule has 0 saturated heterocycles. The summed E-state index contributed by atoms with van der Waals surface area (Å²) >= 11 is 1.33. The van der Waals surface area contributed by atoms with Gasteiger partial charge in [0.15, 0.2) is 23.0 Å². The summed E-state index contributed by atoms with van der Waals surface area (Å²) in [6, 6.07) is 11.4. The minimum Gasteiger partial charge on any atom is -0.493 e. The first-order chi connectivity index (χ1) is 18.5. The molecule has 1 saturated carbocycles. The van der Waals surface area contributed by atoms with E-state index in [0.29, 0.717) is 46.0 Å². The summed E-state index contributed by atoms with van der Waals surface area (Å²) < 4.78 is 21.8. The van der Waals surface area contributed by atoms with Crippen LogP contribution in [-0.2, 0) is 4.79 Å². The number of hydrogen-bond acceptors (Lipinski definition) is 9. The molecule has 4 rings (SSSR count). The molecule has 3 aromatic rings. The first-order valence-corrected chi connectivity index (χ1v) is 13.6. The average Bonchev–Trinajstić information content (AvgIpc) is 3.47. The third-order valence-corrected chi connectivity index (χ3v) is 7.81. The molecule has 1 aliphatic rings. The van der Waals surface area contributed by atoms with Crippen molar-refractivity contribution >= 4 is 17.7 Å². The largest absolute Gasteiger partial charge is 0.493 e. The first-order valence-electron chi connectivity index (χ1n) is 12.7. The maximum Gasteiger partial charge on any atom is 0.233 e. The van der Waals surface area contributed by atoms with Crippen molar-refractivity contribution in [2.45, 2.75) is 55.5 Å². The number of nitrogens with one attached hydrogen (secondary N) is 1. The number of nitrogens with zero attached hydrogens (tertiary/aromatic N) is 3. The van der Waals surface area contributed by atoms with Gasteiger partial charge in [0.2, 0.25) is 11.1 Å². The smallest absolute Gasteiger partial charge is 0.233 e. The van der Waals surface area contributed by atoms with Gasteiger partial charge >= 0.3 is 0 Å². The Kier molecular flexibility index (Phi) is 9.28. The van der Waals surface area contributed by atoms with E-state index in [9.17, 15) is 4.79 Å². The van der Waals surface area contributed by atoms with E-state index in [4.69, 9.17) is 23.9 Å². The summed E-state index contributed by atoms with van der Waals surface area (Å²) in [5.41, 5.74) is 2.69. The number of amides is 1. The van der Waals surface area contributed by atoms with Crippen LogP contribution in [0.25, 0.3) is 22.5 Å². The predicted octanol–water partition coefficient (Wildman–Crippen LogP) is 5.17. The summed E-state index contributed by atoms with van der Waals surface area (Å²) in [7, 11) is 6.36. The molecule has 10 heteroatoms. The molecular weight excluding hydrogens is 504 g/mol. The summed E-state index contributed by atoms with van der Waals surface area (Å²) in [6.45, 7) is 1.99. The molecule has 0 unspecified atom stereocenters. The van der Waals surface area contributed by atoms with Gasteiger partial charge in [-0.1, -0.05) is 31.5 Å². The fourth-order valence-electron chi connectivity index (χ4n) is 4.54. The molecular formula is C28H34N4O5S. The van der Waals surface area contributed by atoms with E-state index in [1.165, 1.54) is 11.8 Å². The molecule has 2 aromatic carbocycles. The van der Waals surface area contributed by atoms with Crippen LogP contribution < -0.4 is 24.3 Å².